The van der Waals surface area contributed by atoms with Crippen LogP contribution in [0.1, 0.15) is 29.6 Å². The summed E-state index contributed by atoms with van der Waals surface area (Å²) in [4.78, 5) is 39.8. The highest BCUT2D eigenvalue weighted by atomic mass is 35.5. The fourth-order valence-electron chi connectivity index (χ4n) is 5.12. The van der Waals surface area contributed by atoms with Gasteiger partial charge in [0.25, 0.3) is 0 Å². The lowest BCUT2D eigenvalue weighted by Gasteiger charge is -2.19. The van der Waals surface area contributed by atoms with Crippen molar-refractivity contribution in [3.05, 3.63) is 59.1 Å². The van der Waals surface area contributed by atoms with Gasteiger partial charge in [-0.15, -0.1) is 0 Å². The first-order chi connectivity index (χ1) is 13.5. The number of para-hydroxylation sites is 1. The molecule has 2 saturated carbocycles. The Hall–Kier alpha value is -2.66. The summed E-state index contributed by atoms with van der Waals surface area (Å²) in [5.74, 6) is -0.310. The van der Waals surface area contributed by atoms with E-state index in [2.05, 4.69) is 0 Å². The van der Waals surface area contributed by atoms with E-state index >= 15 is 0 Å². The van der Waals surface area contributed by atoms with Crippen LogP contribution in [0.3, 0.4) is 0 Å². The number of ether oxygens (including phenoxy) is 1. The molecule has 3 fully saturated rings. The van der Waals surface area contributed by atoms with Gasteiger partial charge in [-0.1, -0.05) is 29.8 Å². The first-order valence-corrected chi connectivity index (χ1v) is 9.87. The molecule has 0 aromatic heterocycles. The molecule has 5 rings (SSSR count). The molecule has 5 nitrogen and oxygen atoms in total. The van der Waals surface area contributed by atoms with Crippen LogP contribution < -0.4 is 9.64 Å². The van der Waals surface area contributed by atoms with Crippen LogP contribution in [0.5, 0.6) is 5.75 Å². The van der Waals surface area contributed by atoms with Crippen LogP contribution in [0.15, 0.2) is 48.5 Å². The number of hydrogen-bond donors (Lipinski definition) is 0. The van der Waals surface area contributed by atoms with Gasteiger partial charge in [0, 0.05) is 0 Å². The zero-order valence-electron chi connectivity index (χ0n) is 15.0. The quantitative estimate of drug-likeness (QED) is 0.446. The normalized spacial score (nSPS) is 28.0. The van der Waals surface area contributed by atoms with E-state index in [1.165, 1.54) is 11.0 Å². The Balaban J connectivity index is 1.42. The standard InChI is InChI=1S/C22H18ClNO4/c23-16-6-1-2-7-17(16)28-22(27)14-4-3-5-15(11-14)24-20(25)18-12-8-9-13(10-12)19(18)21(24)26/h1-7,11-13,18-19H,8-10H2/t12-,13-,18-,19-/m0/s1. The Bertz CT molecular complexity index is 976. The van der Waals surface area contributed by atoms with Crippen LogP contribution in [-0.2, 0) is 9.59 Å². The van der Waals surface area contributed by atoms with Gasteiger partial charge in [-0.2, -0.15) is 0 Å². The van der Waals surface area contributed by atoms with Crippen LogP contribution >= 0.6 is 11.6 Å². The third-order valence-electron chi connectivity index (χ3n) is 6.31. The maximum atomic E-state index is 13.0. The average Bonchev–Trinajstić information content (AvgIpc) is 3.37. The number of carbonyl (C=O) groups is 3. The monoisotopic (exact) mass is 395 g/mol. The number of amides is 2. The second-order valence-electron chi connectivity index (χ2n) is 7.77. The number of rotatable bonds is 3. The predicted octanol–water partition coefficient (Wildman–Crippen LogP) is 4.09. The van der Waals surface area contributed by atoms with Crippen LogP contribution in [0.25, 0.3) is 0 Å². The van der Waals surface area contributed by atoms with Gasteiger partial charge < -0.3 is 4.74 Å². The highest BCUT2D eigenvalue weighted by molar-refractivity contribution is 6.32. The number of hydrogen-bond acceptors (Lipinski definition) is 4. The molecule has 6 heteroatoms. The van der Waals surface area contributed by atoms with E-state index in [4.69, 9.17) is 16.3 Å². The molecular weight excluding hydrogens is 378 g/mol. The fraction of sp³-hybridized carbons (Fsp3) is 0.318. The van der Waals surface area contributed by atoms with E-state index in [1.807, 2.05) is 0 Å². The molecule has 3 aliphatic rings. The van der Waals surface area contributed by atoms with Crippen molar-refractivity contribution < 1.29 is 19.1 Å². The number of esters is 1. The molecule has 142 valence electrons. The summed E-state index contributed by atoms with van der Waals surface area (Å²) in [6, 6.07) is 13.2. The predicted molar refractivity (Wildman–Crippen MR) is 103 cm³/mol. The van der Waals surface area contributed by atoms with Crippen molar-refractivity contribution in [2.75, 3.05) is 4.90 Å². The van der Waals surface area contributed by atoms with Crippen molar-refractivity contribution in [3.63, 3.8) is 0 Å². The molecule has 1 aliphatic heterocycles. The van der Waals surface area contributed by atoms with Crippen LogP contribution in [0, 0.1) is 23.7 Å². The zero-order valence-corrected chi connectivity index (χ0v) is 15.8. The molecule has 2 aromatic rings. The van der Waals surface area contributed by atoms with Gasteiger partial charge in [-0.25, -0.2) is 4.79 Å². The maximum absolute atomic E-state index is 13.0. The Morgan fingerprint density at radius 1 is 0.964 bits per heavy atom. The molecule has 2 aromatic carbocycles. The summed E-state index contributed by atoms with van der Waals surface area (Å²) in [5.41, 5.74) is 0.690. The van der Waals surface area contributed by atoms with Crippen LogP contribution in [-0.4, -0.2) is 17.8 Å². The second kappa shape index (κ2) is 6.45. The third-order valence-corrected chi connectivity index (χ3v) is 6.62. The van der Waals surface area contributed by atoms with Gasteiger partial charge >= 0.3 is 5.97 Å². The van der Waals surface area contributed by atoms with E-state index in [0.717, 1.165) is 19.3 Å². The van der Waals surface area contributed by atoms with Gasteiger partial charge in [-0.3, -0.25) is 14.5 Å². The van der Waals surface area contributed by atoms with E-state index in [0.29, 0.717) is 22.5 Å². The molecule has 1 saturated heterocycles. The molecule has 2 amide bonds. The minimum Gasteiger partial charge on any atom is -0.421 e. The molecule has 2 aliphatic carbocycles. The van der Waals surface area contributed by atoms with Crippen molar-refractivity contribution in [2.45, 2.75) is 19.3 Å². The smallest absolute Gasteiger partial charge is 0.343 e. The lowest BCUT2D eigenvalue weighted by molar-refractivity contribution is -0.123. The second-order valence-corrected chi connectivity index (χ2v) is 8.17. The summed E-state index contributed by atoms with van der Waals surface area (Å²) in [5, 5.41) is 0.334. The number of nitrogens with zero attached hydrogens (tertiary/aromatic N) is 1. The molecule has 2 bridgehead atoms. The summed E-state index contributed by atoms with van der Waals surface area (Å²) < 4.78 is 5.36. The summed E-state index contributed by atoms with van der Waals surface area (Å²) >= 11 is 6.04. The molecule has 4 atom stereocenters. The van der Waals surface area contributed by atoms with E-state index < -0.39 is 5.97 Å². The average molecular weight is 396 g/mol. The largest absolute Gasteiger partial charge is 0.421 e. The zero-order chi connectivity index (χ0) is 19.4. The Kier molecular flexibility index (Phi) is 4.02. The maximum Gasteiger partial charge on any atom is 0.343 e. The lowest BCUT2D eigenvalue weighted by Crippen LogP contribution is -2.32. The summed E-state index contributed by atoms with van der Waals surface area (Å²) in [7, 11) is 0. The topological polar surface area (TPSA) is 63.7 Å². The lowest BCUT2D eigenvalue weighted by atomic mass is 9.81. The number of benzene rings is 2. The van der Waals surface area contributed by atoms with Crippen LogP contribution in [0.2, 0.25) is 5.02 Å². The molecular formula is C22H18ClNO4. The Labute approximate surface area is 167 Å². The SMILES string of the molecule is O=C(Oc1ccccc1Cl)c1cccc(N2C(=O)[C@H]3[C@H]4CC[C@@H](C4)[C@@H]3C2=O)c1. The molecule has 28 heavy (non-hydrogen) atoms. The molecule has 0 N–H and O–H groups in total. The van der Waals surface area contributed by atoms with E-state index in [1.54, 1.807) is 42.5 Å². The van der Waals surface area contributed by atoms with Crippen molar-refractivity contribution >= 4 is 35.1 Å². The number of fused-ring (bicyclic) bond motifs is 5. The van der Waals surface area contributed by atoms with Crippen molar-refractivity contribution in [1.82, 2.24) is 0 Å². The summed E-state index contributed by atoms with van der Waals surface area (Å²) in [6.45, 7) is 0. The molecule has 0 unspecified atom stereocenters. The summed E-state index contributed by atoms with van der Waals surface area (Å²) in [6.07, 6.45) is 3.05. The molecule has 0 radical (unpaired) electrons. The molecule has 1 heterocycles. The van der Waals surface area contributed by atoms with E-state index in [9.17, 15) is 14.4 Å². The van der Waals surface area contributed by atoms with Crippen molar-refractivity contribution in [3.8, 4) is 5.75 Å². The first kappa shape index (κ1) is 17.4. The third kappa shape index (κ3) is 2.57. The fourth-order valence-corrected chi connectivity index (χ4v) is 5.30. The van der Waals surface area contributed by atoms with Crippen molar-refractivity contribution in [2.24, 2.45) is 23.7 Å². The highest BCUT2D eigenvalue weighted by Crippen LogP contribution is 2.56. The van der Waals surface area contributed by atoms with Gasteiger partial charge in [0.1, 0.15) is 5.75 Å². The van der Waals surface area contributed by atoms with Crippen molar-refractivity contribution in [1.29, 1.82) is 0 Å². The van der Waals surface area contributed by atoms with Gasteiger partial charge in [-0.05, 0) is 61.4 Å². The Morgan fingerprint density at radius 3 is 2.32 bits per heavy atom. The van der Waals surface area contributed by atoms with Crippen LogP contribution in [0.4, 0.5) is 5.69 Å². The number of halogens is 1. The van der Waals surface area contributed by atoms with Gasteiger partial charge in [0.2, 0.25) is 11.8 Å². The minimum absolute atomic E-state index is 0.126. The number of imide groups is 1. The first-order valence-electron chi connectivity index (χ1n) is 9.49. The molecule has 0 spiro atoms. The van der Waals surface area contributed by atoms with Gasteiger partial charge in [0.15, 0.2) is 0 Å². The number of carbonyl (C=O) groups excluding carboxylic acids is 3. The minimum atomic E-state index is -0.589. The highest BCUT2D eigenvalue weighted by Gasteiger charge is 2.61. The number of anilines is 1. The Morgan fingerprint density at radius 2 is 1.64 bits per heavy atom. The van der Waals surface area contributed by atoms with Gasteiger partial charge in [0.05, 0.1) is 28.1 Å². The van der Waals surface area contributed by atoms with E-state index in [-0.39, 0.29) is 35.0 Å².